The fourth-order valence-corrected chi connectivity index (χ4v) is 4.53. The van der Waals surface area contributed by atoms with E-state index in [4.69, 9.17) is 4.74 Å². The summed E-state index contributed by atoms with van der Waals surface area (Å²) in [5.41, 5.74) is 5.07. The number of hydrogen-bond acceptors (Lipinski definition) is 3. The van der Waals surface area contributed by atoms with Crippen molar-refractivity contribution in [1.82, 2.24) is 4.98 Å². The second-order valence-corrected chi connectivity index (χ2v) is 7.26. The van der Waals surface area contributed by atoms with Crippen LogP contribution in [0.5, 0.6) is 0 Å². The number of methoxy groups -OCH3 is 1. The highest BCUT2D eigenvalue weighted by molar-refractivity contribution is 5.92. The molecule has 3 heteroatoms. The number of carbonyl (C=O) groups excluding carboxylic acids is 1. The van der Waals surface area contributed by atoms with Crippen LogP contribution in [0.4, 0.5) is 0 Å². The smallest absolute Gasteiger partial charge is 0.312 e. The summed E-state index contributed by atoms with van der Waals surface area (Å²) >= 11 is 0. The van der Waals surface area contributed by atoms with Crippen LogP contribution in [0.3, 0.4) is 0 Å². The van der Waals surface area contributed by atoms with E-state index >= 15 is 0 Å². The molecule has 2 aromatic rings. The average molecular weight is 293 g/mol. The van der Waals surface area contributed by atoms with Gasteiger partial charge in [-0.25, -0.2) is 0 Å². The van der Waals surface area contributed by atoms with Gasteiger partial charge in [0.25, 0.3) is 0 Å². The number of benzene rings is 1. The van der Waals surface area contributed by atoms with Gasteiger partial charge in [-0.1, -0.05) is 0 Å². The predicted molar refractivity (Wildman–Crippen MR) is 84.0 cm³/mol. The Balaban J connectivity index is 1.67. The molecule has 2 saturated carbocycles. The summed E-state index contributed by atoms with van der Waals surface area (Å²) in [5.74, 6) is 1.01. The molecule has 5 rings (SSSR count). The molecule has 0 aliphatic heterocycles. The zero-order valence-electron chi connectivity index (χ0n) is 13.0. The number of pyridine rings is 1. The highest BCUT2D eigenvalue weighted by atomic mass is 16.5. The average Bonchev–Trinajstić information content (AvgIpc) is 3.44. The highest BCUT2D eigenvalue weighted by Crippen LogP contribution is 2.68. The molecule has 3 aliphatic carbocycles. The van der Waals surface area contributed by atoms with Crippen molar-refractivity contribution in [3.05, 3.63) is 40.7 Å². The third-order valence-electron chi connectivity index (χ3n) is 5.96. The molecule has 0 saturated heterocycles. The maximum absolute atomic E-state index is 12.2. The van der Waals surface area contributed by atoms with Gasteiger partial charge in [-0.05, 0) is 66.8 Å². The monoisotopic (exact) mass is 293 g/mol. The molecule has 2 unspecified atom stereocenters. The predicted octanol–water partition coefficient (Wildman–Crippen LogP) is 3.62. The first-order chi connectivity index (χ1) is 10.6. The minimum atomic E-state index is -0.258. The third-order valence-corrected chi connectivity index (χ3v) is 5.96. The molecule has 0 amide bonds. The first-order valence-electron chi connectivity index (χ1n) is 8.14. The van der Waals surface area contributed by atoms with E-state index in [9.17, 15) is 4.79 Å². The van der Waals surface area contributed by atoms with Gasteiger partial charge in [0.05, 0.1) is 12.5 Å². The molecule has 3 aliphatic rings. The Labute approximate surface area is 129 Å². The van der Waals surface area contributed by atoms with Crippen molar-refractivity contribution in [3.63, 3.8) is 0 Å². The van der Waals surface area contributed by atoms with Crippen LogP contribution in [0.15, 0.2) is 18.3 Å². The van der Waals surface area contributed by atoms with Crippen molar-refractivity contribution in [1.29, 1.82) is 0 Å². The van der Waals surface area contributed by atoms with Gasteiger partial charge in [-0.3, -0.25) is 9.78 Å². The summed E-state index contributed by atoms with van der Waals surface area (Å²) in [7, 11) is 1.50. The Kier molecular flexibility index (Phi) is 2.23. The van der Waals surface area contributed by atoms with Crippen molar-refractivity contribution in [3.8, 4) is 0 Å². The Morgan fingerprint density at radius 1 is 1.36 bits per heavy atom. The summed E-state index contributed by atoms with van der Waals surface area (Å²) in [5, 5.41) is 2.53. The third kappa shape index (κ3) is 1.47. The fourth-order valence-electron chi connectivity index (χ4n) is 4.53. The molecular weight excluding hydrogens is 274 g/mol. The Morgan fingerprint density at radius 3 is 2.91 bits per heavy atom. The molecule has 0 radical (unpaired) electrons. The van der Waals surface area contributed by atoms with E-state index in [1.54, 1.807) is 0 Å². The minimum Gasteiger partial charge on any atom is -0.469 e. The van der Waals surface area contributed by atoms with Crippen molar-refractivity contribution < 1.29 is 9.53 Å². The van der Waals surface area contributed by atoms with Gasteiger partial charge in [0.1, 0.15) is 0 Å². The standard InChI is InChI=1S/C19H19NO2/c1-10-14-6-16(11-3-4-11)20-9-13(14)5-12-7-19(18(21)22-2)8-15(19)17(10)12/h5-6,9,11,15H,3-4,7-8H2,1-2H3. The molecule has 2 atom stereocenters. The number of hydrogen-bond donors (Lipinski definition) is 0. The van der Waals surface area contributed by atoms with Crippen molar-refractivity contribution in [2.45, 2.75) is 44.4 Å². The fraction of sp³-hybridized carbons (Fsp3) is 0.474. The van der Waals surface area contributed by atoms with Crippen LogP contribution in [0.25, 0.3) is 10.8 Å². The van der Waals surface area contributed by atoms with E-state index in [0.29, 0.717) is 11.8 Å². The molecule has 1 heterocycles. The molecule has 112 valence electrons. The number of ether oxygens (including phenoxy) is 1. The number of nitrogens with zero attached hydrogens (tertiary/aromatic N) is 1. The molecule has 2 fully saturated rings. The first kappa shape index (κ1) is 12.6. The summed E-state index contributed by atoms with van der Waals surface area (Å²) in [6.45, 7) is 2.21. The van der Waals surface area contributed by atoms with Crippen LogP contribution in [0, 0.1) is 12.3 Å². The minimum absolute atomic E-state index is 0.0334. The summed E-state index contributed by atoms with van der Waals surface area (Å²) < 4.78 is 5.05. The lowest BCUT2D eigenvalue weighted by atomic mass is 9.94. The van der Waals surface area contributed by atoms with Crippen LogP contribution in [0.1, 0.15) is 53.5 Å². The SMILES string of the molecule is COC(=O)C12Cc3cc4cnc(C5CC5)cc4c(C)c3C1C2. The second-order valence-electron chi connectivity index (χ2n) is 7.26. The van der Waals surface area contributed by atoms with Crippen molar-refractivity contribution >= 4 is 16.7 Å². The molecule has 1 aromatic carbocycles. The zero-order chi connectivity index (χ0) is 15.1. The number of carbonyl (C=O) groups is 1. The lowest BCUT2D eigenvalue weighted by Crippen LogP contribution is -2.18. The van der Waals surface area contributed by atoms with Crippen molar-refractivity contribution in [2.24, 2.45) is 5.41 Å². The van der Waals surface area contributed by atoms with Gasteiger partial charge in [-0.15, -0.1) is 0 Å². The van der Waals surface area contributed by atoms with Gasteiger partial charge >= 0.3 is 5.97 Å². The van der Waals surface area contributed by atoms with E-state index < -0.39 is 0 Å². The number of esters is 1. The summed E-state index contributed by atoms with van der Waals surface area (Å²) in [4.78, 5) is 16.8. The maximum Gasteiger partial charge on any atom is 0.312 e. The Hall–Kier alpha value is -1.90. The number of aryl methyl sites for hydroxylation is 1. The van der Waals surface area contributed by atoms with Crippen LogP contribution in [0.2, 0.25) is 0 Å². The summed E-state index contributed by atoms with van der Waals surface area (Å²) in [6, 6.07) is 4.53. The largest absolute Gasteiger partial charge is 0.469 e. The maximum atomic E-state index is 12.2. The first-order valence-corrected chi connectivity index (χ1v) is 8.14. The quantitative estimate of drug-likeness (QED) is 0.794. The molecular formula is C19H19NO2. The zero-order valence-corrected chi connectivity index (χ0v) is 13.0. The lowest BCUT2D eigenvalue weighted by molar-refractivity contribution is -0.147. The van der Waals surface area contributed by atoms with Gasteiger partial charge in [0, 0.05) is 29.1 Å². The van der Waals surface area contributed by atoms with Crippen LogP contribution in [-0.2, 0) is 16.0 Å². The normalized spacial score (nSPS) is 28.4. The van der Waals surface area contributed by atoms with Crippen LogP contribution >= 0.6 is 0 Å². The van der Waals surface area contributed by atoms with Crippen molar-refractivity contribution in [2.75, 3.05) is 7.11 Å². The highest BCUT2D eigenvalue weighted by Gasteiger charge is 2.66. The van der Waals surface area contributed by atoms with Gasteiger partial charge in [0.15, 0.2) is 0 Å². The molecule has 0 N–H and O–H groups in total. The summed E-state index contributed by atoms with van der Waals surface area (Å²) in [6.07, 6.45) is 6.36. The van der Waals surface area contributed by atoms with E-state index in [1.165, 1.54) is 53.1 Å². The van der Waals surface area contributed by atoms with Crippen LogP contribution < -0.4 is 0 Å². The van der Waals surface area contributed by atoms with Gasteiger partial charge in [0.2, 0.25) is 0 Å². The molecule has 1 aromatic heterocycles. The molecule has 3 nitrogen and oxygen atoms in total. The van der Waals surface area contributed by atoms with E-state index in [1.807, 2.05) is 6.20 Å². The number of rotatable bonds is 2. The number of fused-ring (bicyclic) bond motifs is 4. The van der Waals surface area contributed by atoms with Gasteiger partial charge in [-0.2, -0.15) is 0 Å². The van der Waals surface area contributed by atoms with Gasteiger partial charge < -0.3 is 4.74 Å². The Bertz CT molecular complexity index is 837. The van der Waals surface area contributed by atoms with Crippen LogP contribution in [-0.4, -0.2) is 18.1 Å². The van der Waals surface area contributed by atoms with E-state index in [2.05, 4.69) is 24.0 Å². The second kappa shape index (κ2) is 3.89. The molecule has 0 spiro atoms. The van der Waals surface area contributed by atoms with E-state index in [-0.39, 0.29) is 11.4 Å². The Morgan fingerprint density at radius 2 is 2.18 bits per heavy atom. The topological polar surface area (TPSA) is 39.2 Å². The lowest BCUT2D eigenvalue weighted by Gasteiger charge is -2.12. The molecule has 22 heavy (non-hydrogen) atoms. The van der Waals surface area contributed by atoms with E-state index in [0.717, 1.165) is 12.8 Å². The number of aromatic nitrogens is 1. The molecule has 0 bridgehead atoms.